The first-order valence-corrected chi connectivity index (χ1v) is 7.06. The molecule has 0 fully saturated rings. The van der Waals surface area contributed by atoms with Crippen LogP contribution in [0.3, 0.4) is 0 Å². The quantitative estimate of drug-likeness (QED) is 0.587. The molecule has 1 N–H and O–H groups in total. The van der Waals surface area contributed by atoms with Gasteiger partial charge in [-0.25, -0.2) is 4.98 Å². The molecule has 3 aromatic rings. The van der Waals surface area contributed by atoms with Gasteiger partial charge in [-0.15, -0.1) is 16.4 Å². The Labute approximate surface area is 120 Å². The summed E-state index contributed by atoms with van der Waals surface area (Å²) in [7, 11) is 0. The summed E-state index contributed by atoms with van der Waals surface area (Å²) in [6.07, 6.45) is 0.324. The first-order valence-electron chi connectivity index (χ1n) is 5.38. The molecule has 0 saturated heterocycles. The predicted molar refractivity (Wildman–Crippen MR) is 75.4 cm³/mol. The second-order valence-electron chi connectivity index (χ2n) is 3.71. The Morgan fingerprint density at radius 2 is 2.26 bits per heavy atom. The Morgan fingerprint density at radius 1 is 1.42 bits per heavy atom. The maximum atomic E-state index is 7.83. The van der Waals surface area contributed by atoms with Crippen LogP contribution in [-0.4, -0.2) is 26.0 Å². The fourth-order valence-corrected chi connectivity index (χ4v) is 2.82. The fourth-order valence-electron chi connectivity index (χ4n) is 1.56. The molecule has 3 rings (SSSR count). The number of fused-ring (bicyclic) bond motifs is 1. The predicted octanol–water partition coefficient (Wildman–Crippen LogP) is 2.30. The van der Waals surface area contributed by atoms with Crippen LogP contribution in [0, 0.1) is 5.41 Å². The minimum Gasteiger partial charge on any atom is -0.340 e. The van der Waals surface area contributed by atoms with Gasteiger partial charge >= 0.3 is 0 Å². The number of nitrogens with zero attached hydrogens (tertiary/aromatic N) is 4. The van der Waals surface area contributed by atoms with Crippen LogP contribution < -0.4 is 4.84 Å². The maximum Gasteiger partial charge on any atom is 0.224 e. The van der Waals surface area contributed by atoms with Gasteiger partial charge in [0.25, 0.3) is 0 Å². The number of thiazole rings is 1. The number of nitrogens with one attached hydrogen (secondary N) is 1. The van der Waals surface area contributed by atoms with Gasteiger partial charge in [0.15, 0.2) is 0 Å². The van der Waals surface area contributed by atoms with Crippen molar-refractivity contribution in [1.29, 1.82) is 5.41 Å². The lowest BCUT2D eigenvalue weighted by Crippen LogP contribution is -2.21. The van der Waals surface area contributed by atoms with E-state index in [-0.39, 0.29) is 5.90 Å². The highest BCUT2D eigenvalue weighted by Crippen LogP contribution is 2.15. The van der Waals surface area contributed by atoms with Crippen molar-refractivity contribution in [3.05, 3.63) is 39.3 Å². The van der Waals surface area contributed by atoms with Crippen LogP contribution in [0.4, 0.5) is 0 Å². The van der Waals surface area contributed by atoms with E-state index in [2.05, 4.69) is 31.2 Å². The number of hydrogen-bond donors (Lipinski definition) is 1. The molecule has 0 radical (unpaired) electrons. The van der Waals surface area contributed by atoms with Gasteiger partial charge in [-0.1, -0.05) is 17.0 Å². The van der Waals surface area contributed by atoms with E-state index in [4.69, 9.17) is 10.2 Å². The average Bonchev–Trinajstić information content (AvgIpc) is 2.97. The van der Waals surface area contributed by atoms with Gasteiger partial charge in [0.05, 0.1) is 6.42 Å². The zero-order valence-electron chi connectivity index (χ0n) is 9.58. The molecule has 96 valence electrons. The third-order valence-electron chi connectivity index (χ3n) is 2.35. The minimum absolute atomic E-state index is 0.0671. The van der Waals surface area contributed by atoms with Crippen molar-refractivity contribution in [2.75, 3.05) is 0 Å². The average molecular weight is 338 g/mol. The fraction of sp³-hybridized carbons (Fsp3) is 0.0909. The molecule has 2 aromatic heterocycles. The van der Waals surface area contributed by atoms with Gasteiger partial charge in [0, 0.05) is 5.38 Å². The highest BCUT2D eigenvalue weighted by molar-refractivity contribution is 9.10. The molecule has 0 spiro atoms. The van der Waals surface area contributed by atoms with E-state index in [1.807, 2.05) is 29.6 Å². The second kappa shape index (κ2) is 5.06. The van der Waals surface area contributed by atoms with Gasteiger partial charge in [0.2, 0.25) is 5.90 Å². The van der Waals surface area contributed by atoms with Crippen molar-refractivity contribution in [2.45, 2.75) is 6.42 Å². The zero-order chi connectivity index (χ0) is 13.2. The maximum absolute atomic E-state index is 7.83. The largest absolute Gasteiger partial charge is 0.340 e. The van der Waals surface area contributed by atoms with Crippen LogP contribution in [0.25, 0.3) is 11.0 Å². The topological polar surface area (TPSA) is 76.7 Å². The molecule has 0 unspecified atom stereocenters. The third-order valence-corrected chi connectivity index (χ3v) is 3.91. The molecule has 8 heteroatoms. The summed E-state index contributed by atoms with van der Waals surface area (Å²) in [4.78, 5) is 10.8. The van der Waals surface area contributed by atoms with Crippen molar-refractivity contribution in [3.8, 4) is 0 Å². The number of hydrogen-bond acceptors (Lipinski definition) is 6. The van der Waals surface area contributed by atoms with Gasteiger partial charge in [-0.2, -0.15) is 0 Å². The summed E-state index contributed by atoms with van der Waals surface area (Å²) in [5.74, 6) is 0.0671. The van der Waals surface area contributed by atoms with Crippen LogP contribution in [0.5, 0.6) is 0 Å². The highest BCUT2D eigenvalue weighted by Gasteiger charge is 2.09. The van der Waals surface area contributed by atoms with Crippen LogP contribution >= 0.6 is 27.3 Å². The van der Waals surface area contributed by atoms with Crippen LogP contribution in [-0.2, 0) is 6.42 Å². The molecular formula is C11H8BrN5OS. The molecule has 0 saturated carbocycles. The van der Waals surface area contributed by atoms with Gasteiger partial charge in [-0.05, 0) is 33.3 Å². The van der Waals surface area contributed by atoms with E-state index in [0.717, 1.165) is 20.6 Å². The smallest absolute Gasteiger partial charge is 0.224 e. The Kier molecular flexibility index (Phi) is 3.26. The molecule has 2 heterocycles. The van der Waals surface area contributed by atoms with Crippen LogP contribution in [0.15, 0.2) is 34.2 Å². The molecule has 6 nitrogen and oxygen atoms in total. The first kappa shape index (κ1) is 12.2. The van der Waals surface area contributed by atoms with Crippen molar-refractivity contribution < 1.29 is 4.84 Å². The van der Waals surface area contributed by atoms with E-state index in [9.17, 15) is 0 Å². The summed E-state index contributed by atoms with van der Waals surface area (Å²) in [5.41, 5.74) is 1.46. The van der Waals surface area contributed by atoms with E-state index in [1.54, 1.807) is 0 Å². The number of para-hydroxylation sites is 1. The number of benzene rings is 1. The summed E-state index contributed by atoms with van der Waals surface area (Å²) in [5, 5.41) is 18.3. The summed E-state index contributed by atoms with van der Waals surface area (Å²) < 4.78 is 0.770. The number of aromatic nitrogens is 4. The Bertz CT molecular complexity index is 737. The van der Waals surface area contributed by atoms with E-state index < -0.39 is 0 Å². The van der Waals surface area contributed by atoms with Crippen molar-refractivity contribution >= 4 is 44.2 Å². The van der Waals surface area contributed by atoms with Gasteiger partial charge in [-0.3, -0.25) is 5.41 Å². The van der Waals surface area contributed by atoms with E-state index >= 15 is 0 Å². The molecule has 0 bridgehead atoms. The Morgan fingerprint density at radius 3 is 3.05 bits per heavy atom. The Balaban J connectivity index is 1.76. The lowest BCUT2D eigenvalue weighted by Gasteiger charge is -2.04. The van der Waals surface area contributed by atoms with E-state index in [1.165, 1.54) is 16.2 Å². The SMILES string of the molecule is N=C(Cc1nc(Br)cs1)On1nnc2ccccc21. The second-order valence-corrected chi connectivity index (χ2v) is 5.46. The molecule has 1 aromatic carbocycles. The van der Waals surface area contributed by atoms with E-state index in [0.29, 0.717) is 6.42 Å². The molecule has 0 aliphatic rings. The summed E-state index contributed by atoms with van der Waals surface area (Å²) >= 11 is 4.75. The minimum atomic E-state index is 0.0671. The van der Waals surface area contributed by atoms with Crippen molar-refractivity contribution in [3.63, 3.8) is 0 Å². The third kappa shape index (κ3) is 2.64. The van der Waals surface area contributed by atoms with Crippen molar-refractivity contribution in [2.24, 2.45) is 0 Å². The molecule has 0 atom stereocenters. The van der Waals surface area contributed by atoms with Crippen molar-refractivity contribution in [1.82, 2.24) is 20.1 Å². The zero-order valence-corrected chi connectivity index (χ0v) is 12.0. The Hall–Kier alpha value is -1.80. The van der Waals surface area contributed by atoms with Crippen LogP contribution in [0.1, 0.15) is 5.01 Å². The lowest BCUT2D eigenvalue weighted by molar-refractivity contribution is 0.219. The van der Waals surface area contributed by atoms with Crippen LogP contribution in [0.2, 0.25) is 0 Å². The summed E-state index contributed by atoms with van der Waals surface area (Å²) in [6, 6.07) is 7.42. The number of halogens is 1. The standard InChI is InChI=1S/C11H8BrN5OS/c12-9-6-19-11(14-9)5-10(13)18-17-8-4-2-1-3-7(8)15-16-17/h1-4,6,13H,5H2. The molecule has 0 amide bonds. The van der Waals surface area contributed by atoms with Gasteiger partial charge < -0.3 is 4.84 Å². The molecule has 19 heavy (non-hydrogen) atoms. The molecule has 0 aliphatic carbocycles. The molecule has 0 aliphatic heterocycles. The monoisotopic (exact) mass is 337 g/mol. The highest BCUT2D eigenvalue weighted by atomic mass is 79.9. The number of rotatable bonds is 3. The van der Waals surface area contributed by atoms with Gasteiger partial charge in [0.1, 0.15) is 20.6 Å². The molecular weight excluding hydrogens is 330 g/mol. The summed E-state index contributed by atoms with van der Waals surface area (Å²) in [6.45, 7) is 0. The first-order chi connectivity index (χ1) is 9.22. The normalized spacial score (nSPS) is 10.8. The lowest BCUT2D eigenvalue weighted by atomic mass is 10.3.